The average Bonchev–Trinajstić information content (AvgIpc) is 2.74. The van der Waals surface area contributed by atoms with Gasteiger partial charge in [-0.1, -0.05) is 126 Å². The second kappa shape index (κ2) is 15.2. The van der Waals surface area contributed by atoms with Crippen molar-refractivity contribution in [2.45, 2.75) is 48.0 Å². The Labute approximate surface area is 155 Å². The molecule has 3 rings (SSSR count). The number of hydrogen-bond donors (Lipinski definition) is 0. The largest absolute Gasteiger partial charge is 0.0683 e. The highest BCUT2D eigenvalue weighted by atomic mass is 14.0. The highest BCUT2D eigenvalue weighted by Gasteiger charge is 1.98. The van der Waals surface area contributed by atoms with Crippen LogP contribution in [-0.2, 0) is 6.42 Å². The maximum atomic E-state index is 2.22. The van der Waals surface area contributed by atoms with Crippen LogP contribution in [-0.4, -0.2) is 0 Å². The van der Waals surface area contributed by atoms with Crippen molar-refractivity contribution >= 4 is 0 Å². The predicted molar refractivity (Wildman–Crippen MR) is 115 cm³/mol. The fraction of sp³-hybridized carbons (Fsp3) is 0.280. The van der Waals surface area contributed by atoms with Gasteiger partial charge in [-0.25, -0.2) is 0 Å². The van der Waals surface area contributed by atoms with Crippen molar-refractivity contribution in [3.8, 4) is 11.1 Å². The van der Waals surface area contributed by atoms with Gasteiger partial charge in [-0.3, -0.25) is 0 Å². The third-order valence-electron chi connectivity index (χ3n) is 3.31. The Morgan fingerprint density at radius 2 is 0.760 bits per heavy atom. The van der Waals surface area contributed by atoms with E-state index in [1.54, 1.807) is 0 Å². The zero-order valence-corrected chi connectivity index (χ0v) is 16.8. The molecule has 0 heteroatoms. The fourth-order valence-corrected chi connectivity index (χ4v) is 2.28. The van der Waals surface area contributed by atoms with Crippen molar-refractivity contribution < 1.29 is 0 Å². The summed E-state index contributed by atoms with van der Waals surface area (Å²) in [6.07, 6.45) is 0.996. The van der Waals surface area contributed by atoms with E-state index in [0.717, 1.165) is 6.42 Å². The smallest absolute Gasteiger partial charge is 0.00258 e. The third kappa shape index (κ3) is 8.35. The number of benzene rings is 3. The molecule has 0 aliphatic heterocycles. The zero-order valence-electron chi connectivity index (χ0n) is 16.8. The van der Waals surface area contributed by atoms with Crippen molar-refractivity contribution in [3.05, 3.63) is 96.1 Å². The Morgan fingerprint density at radius 3 is 1.24 bits per heavy atom. The standard InChI is InChI=1S/C19H16.3C2H6/c1-3-7-16(8-4-1)15-17-11-13-19(14-12-17)18-9-5-2-6-10-18;3*1-2/h1-14H,15H2;3*1-2H3. The lowest BCUT2D eigenvalue weighted by Crippen LogP contribution is -1.87. The van der Waals surface area contributed by atoms with Gasteiger partial charge in [0.15, 0.2) is 0 Å². The summed E-state index contributed by atoms with van der Waals surface area (Å²) in [7, 11) is 0. The summed E-state index contributed by atoms with van der Waals surface area (Å²) >= 11 is 0. The lowest BCUT2D eigenvalue weighted by atomic mass is 10.0. The Morgan fingerprint density at radius 1 is 0.400 bits per heavy atom. The van der Waals surface area contributed by atoms with Crippen LogP contribution in [0.25, 0.3) is 11.1 Å². The van der Waals surface area contributed by atoms with E-state index >= 15 is 0 Å². The highest BCUT2D eigenvalue weighted by Crippen LogP contribution is 2.20. The molecule has 0 heterocycles. The van der Waals surface area contributed by atoms with Crippen LogP contribution in [0.2, 0.25) is 0 Å². The van der Waals surface area contributed by atoms with Crippen LogP contribution in [0.1, 0.15) is 52.7 Å². The average molecular weight is 335 g/mol. The van der Waals surface area contributed by atoms with Crippen molar-refractivity contribution in [1.29, 1.82) is 0 Å². The summed E-state index contributed by atoms with van der Waals surface area (Å²) in [4.78, 5) is 0. The molecule has 0 saturated heterocycles. The van der Waals surface area contributed by atoms with Gasteiger partial charge in [0.05, 0.1) is 0 Å². The van der Waals surface area contributed by atoms with Gasteiger partial charge in [0, 0.05) is 0 Å². The van der Waals surface area contributed by atoms with Crippen LogP contribution in [0.3, 0.4) is 0 Å². The van der Waals surface area contributed by atoms with E-state index in [-0.39, 0.29) is 0 Å². The summed E-state index contributed by atoms with van der Waals surface area (Å²) in [6, 6.07) is 29.9. The lowest BCUT2D eigenvalue weighted by Gasteiger charge is -2.05. The van der Waals surface area contributed by atoms with Gasteiger partial charge in [-0.15, -0.1) is 0 Å². The molecule has 0 unspecified atom stereocenters. The molecule has 0 saturated carbocycles. The molecular formula is C25H34. The zero-order chi connectivity index (χ0) is 18.9. The maximum absolute atomic E-state index is 2.22. The first-order chi connectivity index (χ1) is 12.4. The molecule has 0 spiro atoms. The molecule has 25 heavy (non-hydrogen) atoms. The van der Waals surface area contributed by atoms with E-state index in [1.165, 1.54) is 22.3 Å². The lowest BCUT2D eigenvalue weighted by molar-refractivity contribution is 1.19. The van der Waals surface area contributed by atoms with E-state index in [9.17, 15) is 0 Å². The minimum atomic E-state index is 0.996. The summed E-state index contributed by atoms with van der Waals surface area (Å²) in [6.45, 7) is 12.0. The van der Waals surface area contributed by atoms with Crippen LogP contribution in [0, 0.1) is 0 Å². The molecule has 3 aromatic rings. The van der Waals surface area contributed by atoms with Crippen LogP contribution in [0.15, 0.2) is 84.9 Å². The quantitative estimate of drug-likeness (QED) is 0.455. The SMILES string of the molecule is CC.CC.CC.c1ccc(Cc2ccc(-c3ccccc3)cc2)cc1. The molecule has 0 amide bonds. The molecule has 0 aliphatic carbocycles. The van der Waals surface area contributed by atoms with Gasteiger partial charge in [-0.2, -0.15) is 0 Å². The minimum absolute atomic E-state index is 0.996. The fourth-order valence-electron chi connectivity index (χ4n) is 2.28. The molecule has 3 aromatic carbocycles. The first kappa shape index (κ1) is 22.7. The monoisotopic (exact) mass is 334 g/mol. The van der Waals surface area contributed by atoms with Crippen molar-refractivity contribution in [2.75, 3.05) is 0 Å². The highest BCUT2D eigenvalue weighted by molar-refractivity contribution is 5.63. The van der Waals surface area contributed by atoms with E-state index in [2.05, 4.69) is 78.9 Å². The topological polar surface area (TPSA) is 0 Å². The van der Waals surface area contributed by atoms with Gasteiger partial charge in [0.1, 0.15) is 0 Å². The number of rotatable bonds is 3. The Bertz CT molecular complexity index is 622. The summed E-state index contributed by atoms with van der Waals surface area (Å²) < 4.78 is 0. The van der Waals surface area contributed by atoms with Gasteiger partial charge in [0.2, 0.25) is 0 Å². The first-order valence-electron chi connectivity index (χ1n) is 9.60. The predicted octanol–water partition coefficient (Wildman–Crippen LogP) is 8.02. The minimum Gasteiger partial charge on any atom is -0.0683 e. The maximum Gasteiger partial charge on any atom is -0.00258 e. The summed E-state index contributed by atoms with van der Waals surface area (Å²) in [5, 5.41) is 0. The normalized spacial score (nSPS) is 8.56. The molecule has 134 valence electrons. The van der Waals surface area contributed by atoms with Gasteiger partial charge >= 0.3 is 0 Å². The summed E-state index contributed by atoms with van der Waals surface area (Å²) in [5.74, 6) is 0. The summed E-state index contributed by atoms with van der Waals surface area (Å²) in [5.41, 5.74) is 5.26. The van der Waals surface area contributed by atoms with Crippen LogP contribution < -0.4 is 0 Å². The second-order valence-corrected chi connectivity index (χ2v) is 4.73. The van der Waals surface area contributed by atoms with E-state index < -0.39 is 0 Å². The van der Waals surface area contributed by atoms with Gasteiger partial charge in [-0.05, 0) is 28.7 Å². The van der Waals surface area contributed by atoms with Crippen molar-refractivity contribution in [3.63, 3.8) is 0 Å². The molecule has 0 nitrogen and oxygen atoms in total. The Balaban J connectivity index is 0.000000871. The van der Waals surface area contributed by atoms with Crippen molar-refractivity contribution in [1.82, 2.24) is 0 Å². The Kier molecular flexibility index (Phi) is 13.8. The Hall–Kier alpha value is -2.34. The van der Waals surface area contributed by atoms with E-state index in [0.29, 0.717) is 0 Å². The molecule has 0 radical (unpaired) electrons. The second-order valence-electron chi connectivity index (χ2n) is 4.73. The molecule has 0 bridgehead atoms. The number of hydrogen-bond acceptors (Lipinski definition) is 0. The molecular weight excluding hydrogens is 300 g/mol. The van der Waals surface area contributed by atoms with E-state index in [4.69, 9.17) is 0 Å². The molecule has 0 N–H and O–H groups in total. The third-order valence-corrected chi connectivity index (χ3v) is 3.31. The van der Waals surface area contributed by atoms with Crippen LogP contribution in [0.5, 0.6) is 0 Å². The van der Waals surface area contributed by atoms with Crippen LogP contribution >= 0.6 is 0 Å². The van der Waals surface area contributed by atoms with Gasteiger partial charge < -0.3 is 0 Å². The van der Waals surface area contributed by atoms with Crippen molar-refractivity contribution in [2.24, 2.45) is 0 Å². The van der Waals surface area contributed by atoms with Gasteiger partial charge in [0.25, 0.3) is 0 Å². The molecule has 0 atom stereocenters. The molecule has 0 aliphatic rings. The van der Waals surface area contributed by atoms with E-state index in [1.807, 2.05) is 47.6 Å². The molecule has 0 aromatic heterocycles. The first-order valence-corrected chi connectivity index (χ1v) is 9.60. The van der Waals surface area contributed by atoms with Crippen LogP contribution in [0.4, 0.5) is 0 Å². The molecule has 0 fully saturated rings.